The minimum absolute atomic E-state index is 0.222. The third kappa shape index (κ3) is 3.28. The van der Waals surface area contributed by atoms with Crippen molar-refractivity contribution in [1.82, 2.24) is 0 Å². The standard InChI is InChI=1S/C8H17NO5S/c10-3-4(11)5(12)6(13)7(14)8-9-1-2-15-8/h4-14H,1-3H2/p+1/t4-,5-,6-,7+,8+/m1/s1. The summed E-state index contributed by atoms with van der Waals surface area (Å²) in [4.78, 5) is 0. The van der Waals surface area contributed by atoms with Gasteiger partial charge in [-0.2, -0.15) is 0 Å². The van der Waals surface area contributed by atoms with E-state index in [9.17, 15) is 15.3 Å². The van der Waals surface area contributed by atoms with Gasteiger partial charge in [0.05, 0.1) is 13.2 Å². The molecule has 7 N–H and O–H groups in total. The first kappa shape index (κ1) is 13.2. The van der Waals surface area contributed by atoms with Gasteiger partial charge in [-0.15, -0.1) is 0 Å². The fourth-order valence-corrected chi connectivity index (χ4v) is 2.65. The predicted octanol–water partition coefficient (Wildman–Crippen LogP) is -3.94. The Morgan fingerprint density at radius 3 is 2.33 bits per heavy atom. The number of quaternary nitrogens is 1. The number of aliphatic hydroxyl groups excluding tert-OH is 5. The Hall–Kier alpha value is 0.110. The predicted molar refractivity (Wildman–Crippen MR) is 54.2 cm³/mol. The Morgan fingerprint density at radius 2 is 1.87 bits per heavy atom. The van der Waals surface area contributed by atoms with Crippen molar-refractivity contribution in [2.75, 3.05) is 18.9 Å². The molecule has 0 aromatic carbocycles. The number of rotatable bonds is 5. The molecule has 0 radical (unpaired) electrons. The lowest BCUT2D eigenvalue weighted by Gasteiger charge is -2.26. The van der Waals surface area contributed by atoms with Crippen LogP contribution in [-0.4, -0.2) is 74.2 Å². The summed E-state index contributed by atoms with van der Waals surface area (Å²) in [6, 6.07) is 0. The lowest BCUT2D eigenvalue weighted by atomic mass is 10.0. The molecule has 0 bridgehead atoms. The SMILES string of the molecule is OC[C@@H](O)[C@@H](O)[C@@H](O)[C@H](O)[C@H]1[NH2+]CCS1. The highest BCUT2D eigenvalue weighted by Crippen LogP contribution is 2.16. The van der Waals surface area contributed by atoms with Gasteiger partial charge < -0.3 is 30.8 Å². The molecule has 1 aliphatic rings. The van der Waals surface area contributed by atoms with E-state index in [0.29, 0.717) is 0 Å². The highest BCUT2D eigenvalue weighted by Gasteiger charge is 2.38. The highest BCUT2D eigenvalue weighted by molar-refractivity contribution is 7.99. The second-order valence-corrected chi connectivity index (χ2v) is 4.87. The van der Waals surface area contributed by atoms with Gasteiger partial charge in [0.1, 0.15) is 24.4 Å². The van der Waals surface area contributed by atoms with Crippen molar-refractivity contribution in [2.24, 2.45) is 0 Å². The van der Waals surface area contributed by atoms with Crippen molar-refractivity contribution in [2.45, 2.75) is 29.8 Å². The molecule has 6 nitrogen and oxygen atoms in total. The summed E-state index contributed by atoms with van der Waals surface area (Å²) < 4.78 is 0. The first-order valence-corrected chi connectivity index (χ1v) is 5.91. The van der Waals surface area contributed by atoms with Crippen molar-refractivity contribution >= 4 is 11.8 Å². The Bertz CT molecular complexity index is 190. The summed E-state index contributed by atoms with van der Waals surface area (Å²) in [6.45, 7) is 0.213. The minimum atomic E-state index is -1.53. The highest BCUT2D eigenvalue weighted by atomic mass is 32.2. The molecule has 1 aliphatic heterocycles. The summed E-state index contributed by atoms with van der Waals surface area (Å²) in [5.74, 6) is 0.882. The Kier molecular flexibility index (Phi) is 5.27. The van der Waals surface area contributed by atoms with E-state index in [1.165, 1.54) is 11.8 Å². The average molecular weight is 240 g/mol. The second-order valence-electron chi connectivity index (χ2n) is 3.58. The quantitative estimate of drug-likeness (QED) is 0.292. The van der Waals surface area contributed by atoms with Crippen LogP contribution in [-0.2, 0) is 0 Å². The normalized spacial score (nSPS) is 29.8. The van der Waals surface area contributed by atoms with Gasteiger partial charge in [0.25, 0.3) is 0 Å². The maximum atomic E-state index is 9.68. The fourth-order valence-electron chi connectivity index (χ4n) is 1.47. The summed E-state index contributed by atoms with van der Waals surface area (Å²) >= 11 is 1.49. The van der Waals surface area contributed by atoms with E-state index in [-0.39, 0.29) is 5.37 Å². The molecule has 1 heterocycles. The molecule has 0 aromatic heterocycles. The van der Waals surface area contributed by atoms with Gasteiger partial charge in [0.15, 0.2) is 5.37 Å². The molecule has 0 aromatic rings. The van der Waals surface area contributed by atoms with Gasteiger partial charge in [0.2, 0.25) is 0 Å². The Morgan fingerprint density at radius 1 is 1.20 bits per heavy atom. The summed E-state index contributed by atoms with van der Waals surface area (Å²) in [5, 5.41) is 47.9. The van der Waals surface area contributed by atoms with Gasteiger partial charge >= 0.3 is 0 Å². The molecule has 1 rings (SSSR count). The van der Waals surface area contributed by atoms with E-state index in [0.717, 1.165) is 12.3 Å². The van der Waals surface area contributed by atoms with Crippen molar-refractivity contribution < 1.29 is 30.8 Å². The summed E-state index contributed by atoms with van der Waals surface area (Å²) in [6.07, 6.45) is -5.52. The smallest absolute Gasteiger partial charge is 0.162 e. The van der Waals surface area contributed by atoms with Gasteiger partial charge in [-0.1, -0.05) is 11.8 Å². The number of hydrogen-bond acceptors (Lipinski definition) is 6. The lowest BCUT2D eigenvalue weighted by molar-refractivity contribution is -0.665. The molecule has 1 fully saturated rings. The van der Waals surface area contributed by atoms with Crippen molar-refractivity contribution in [3.05, 3.63) is 0 Å². The fraction of sp³-hybridized carbons (Fsp3) is 1.00. The van der Waals surface area contributed by atoms with Gasteiger partial charge in [0, 0.05) is 5.75 Å². The van der Waals surface area contributed by atoms with Gasteiger partial charge in [-0.05, 0) is 0 Å². The second kappa shape index (κ2) is 6.00. The van der Waals surface area contributed by atoms with Crippen LogP contribution in [0, 0.1) is 0 Å². The summed E-state index contributed by atoms with van der Waals surface area (Å²) in [5.41, 5.74) is 0. The maximum Gasteiger partial charge on any atom is 0.162 e. The van der Waals surface area contributed by atoms with Crippen LogP contribution >= 0.6 is 11.8 Å². The molecule has 0 saturated carbocycles. The van der Waals surface area contributed by atoms with Crippen LogP contribution in [0.5, 0.6) is 0 Å². The first-order valence-electron chi connectivity index (χ1n) is 4.86. The van der Waals surface area contributed by atoms with Gasteiger partial charge in [-0.25, -0.2) is 0 Å². The largest absolute Gasteiger partial charge is 0.394 e. The van der Waals surface area contributed by atoms with Crippen molar-refractivity contribution in [3.8, 4) is 0 Å². The Balaban J connectivity index is 2.46. The molecule has 7 heteroatoms. The zero-order valence-electron chi connectivity index (χ0n) is 8.23. The molecule has 0 unspecified atom stereocenters. The van der Waals surface area contributed by atoms with Crippen molar-refractivity contribution in [3.63, 3.8) is 0 Å². The zero-order valence-corrected chi connectivity index (χ0v) is 9.05. The number of nitrogens with two attached hydrogens (primary N) is 1. The third-order valence-electron chi connectivity index (χ3n) is 2.44. The molecule has 0 spiro atoms. The van der Waals surface area contributed by atoms with Gasteiger partial charge in [-0.3, -0.25) is 0 Å². The van der Waals surface area contributed by atoms with E-state index in [1.54, 1.807) is 0 Å². The van der Waals surface area contributed by atoms with E-state index < -0.39 is 31.0 Å². The molecular formula is C8H18NO5S+. The number of aliphatic hydroxyl groups is 5. The molecule has 1 saturated heterocycles. The molecule has 0 aliphatic carbocycles. The third-order valence-corrected chi connectivity index (χ3v) is 3.77. The van der Waals surface area contributed by atoms with Crippen LogP contribution in [0.25, 0.3) is 0 Å². The zero-order chi connectivity index (χ0) is 11.4. The first-order chi connectivity index (χ1) is 7.07. The van der Waals surface area contributed by atoms with Crippen LogP contribution in [0.1, 0.15) is 0 Å². The molecule has 15 heavy (non-hydrogen) atoms. The van der Waals surface area contributed by atoms with Crippen molar-refractivity contribution in [1.29, 1.82) is 0 Å². The van der Waals surface area contributed by atoms with E-state index in [4.69, 9.17) is 10.2 Å². The molecular weight excluding hydrogens is 222 g/mol. The van der Waals surface area contributed by atoms with E-state index in [1.807, 2.05) is 5.32 Å². The Labute approximate surface area is 91.9 Å². The monoisotopic (exact) mass is 240 g/mol. The molecule has 90 valence electrons. The lowest BCUT2D eigenvalue weighted by Crippen LogP contribution is -2.89. The van der Waals surface area contributed by atoms with Crippen LogP contribution in [0.4, 0.5) is 0 Å². The van der Waals surface area contributed by atoms with Crippen LogP contribution < -0.4 is 5.32 Å². The van der Waals surface area contributed by atoms with Crippen LogP contribution in [0.2, 0.25) is 0 Å². The topological polar surface area (TPSA) is 118 Å². The maximum absolute atomic E-state index is 9.68. The number of hydrogen-bond donors (Lipinski definition) is 6. The molecule has 5 atom stereocenters. The minimum Gasteiger partial charge on any atom is -0.394 e. The van der Waals surface area contributed by atoms with E-state index in [2.05, 4.69) is 0 Å². The molecule has 0 amide bonds. The average Bonchev–Trinajstić information content (AvgIpc) is 2.78. The van der Waals surface area contributed by atoms with E-state index >= 15 is 0 Å². The van der Waals surface area contributed by atoms with Crippen LogP contribution in [0.3, 0.4) is 0 Å². The summed E-state index contributed by atoms with van der Waals surface area (Å²) in [7, 11) is 0. The van der Waals surface area contributed by atoms with Crippen LogP contribution in [0.15, 0.2) is 0 Å². The number of thioether (sulfide) groups is 1.